The van der Waals surface area contributed by atoms with E-state index in [0.717, 1.165) is 57.0 Å². The predicted molar refractivity (Wildman–Crippen MR) is 97.7 cm³/mol. The van der Waals surface area contributed by atoms with Gasteiger partial charge in [0.05, 0.1) is 12.0 Å². The number of furan rings is 1. The molecule has 2 aromatic rings. The van der Waals surface area contributed by atoms with Gasteiger partial charge in [0.15, 0.2) is 0 Å². The fraction of sp³-hybridized carbons (Fsp3) is 0.600. The van der Waals surface area contributed by atoms with Crippen LogP contribution >= 0.6 is 0 Å². The average Bonchev–Trinajstić information content (AvgIpc) is 3.39. The molecule has 3 aliphatic rings. The summed E-state index contributed by atoms with van der Waals surface area (Å²) in [6.07, 6.45) is 9.76. The third-order valence-electron chi connectivity index (χ3n) is 6.33. The van der Waals surface area contributed by atoms with Crippen LogP contribution in [0.2, 0.25) is 0 Å². The first kappa shape index (κ1) is 16.3. The van der Waals surface area contributed by atoms with Crippen molar-refractivity contribution in [2.45, 2.75) is 62.8 Å². The summed E-state index contributed by atoms with van der Waals surface area (Å²) in [4.78, 5) is 14.1. The number of piperidine rings is 1. The smallest absolute Gasteiger partial charge is 0.225 e. The molecular formula is C20H26N4O2. The summed E-state index contributed by atoms with van der Waals surface area (Å²) >= 11 is 0. The maximum atomic E-state index is 11.1. The van der Waals surface area contributed by atoms with Crippen molar-refractivity contribution in [2.75, 3.05) is 18.0 Å². The van der Waals surface area contributed by atoms with E-state index in [4.69, 9.17) is 9.40 Å². The number of nitrogens with zero attached hydrogens (tertiary/aromatic N) is 4. The summed E-state index contributed by atoms with van der Waals surface area (Å²) in [6, 6.07) is 6.57. The second-order valence-electron chi connectivity index (χ2n) is 8.02. The van der Waals surface area contributed by atoms with Gasteiger partial charge in [-0.2, -0.15) is 0 Å². The average molecular weight is 354 g/mol. The van der Waals surface area contributed by atoms with E-state index in [1.165, 1.54) is 12.8 Å². The van der Waals surface area contributed by atoms with E-state index in [2.05, 4.69) is 14.8 Å². The number of hydrogen-bond donors (Lipinski definition) is 1. The van der Waals surface area contributed by atoms with Gasteiger partial charge in [0, 0.05) is 37.9 Å². The molecule has 138 valence electrons. The SMILES string of the molecule is OC1(c2ccco2)C[C@H]2CC[C@H](C1)N2Cc1ccnc(N2CCCC2)n1. The van der Waals surface area contributed by atoms with Gasteiger partial charge in [-0.15, -0.1) is 0 Å². The molecule has 5 rings (SSSR count). The lowest BCUT2D eigenvalue weighted by Crippen LogP contribution is -2.49. The summed E-state index contributed by atoms with van der Waals surface area (Å²) in [5.41, 5.74) is 0.264. The number of aliphatic hydroxyl groups is 1. The lowest BCUT2D eigenvalue weighted by atomic mass is 9.84. The zero-order valence-electron chi connectivity index (χ0n) is 15.0. The van der Waals surface area contributed by atoms with Crippen LogP contribution in [0, 0.1) is 0 Å². The Balaban J connectivity index is 1.32. The van der Waals surface area contributed by atoms with Gasteiger partial charge in [-0.3, -0.25) is 4.90 Å². The van der Waals surface area contributed by atoms with Crippen molar-refractivity contribution in [1.82, 2.24) is 14.9 Å². The van der Waals surface area contributed by atoms with Crippen molar-refractivity contribution in [3.63, 3.8) is 0 Å². The van der Waals surface area contributed by atoms with E-state index in [-0.39, 0.29) is 0 Å². The molecule has 26 heavy (non-hydrogen) atoms. The minimum absolute atomic E-state index is 0.383. The fourth-order valence-electron chi connectivity index (χ4n) is 5.05. The third-order valence-corrected chi connectivity index (χ3v) is 6.33. The minimum Gasteiger partial charge on any atom is -0.466 e. The molecule has 0 aliphatic carbocycles. The first-order chi connectivity index (χ1) is 12.7. The Hall–Kier alpha value is -1.92. The Morgan fingerprint density at radius 3 is 2.62 bits per heavy atom. The van der Waals surface area contributed by atoms with Gasteiger partial charge in [-0.25, -0.2) is 9.97 Å². The highest BCUT2D eigenvalue weighted by molar-refractivity contribution is 5.31. The molecular weight excluding hydrogens is 328 g/mol. The van der Waals surface area contributed by atoms with Crippen molar-refractivity contribution < 1.29 is 9.52 Å². The second-order valence-corrected chi connectivity index (χ2v) is 8.02. The van der Waals surface area contributed by atoms with E-state index in [0.29, 0.717) is 17.8 Å². The number of rotatable bonds is 4. The van der Waals surface area contributed by atoms with Gasteiger partial charge >= 0.3 is 0 Å². The highest BCUT2D eigenvalue weighted by Crippen LogP contribution is 2.46. The lowest BCUT2D eigenvalue weighted by Gasteiger charge is -2.42. The number of fused-ring (bicyclic) bond motifs is 2. The number of aromatic nitrogens is 2. The highest BCUT2D eigenvalue weighted by atomic mass is 16.4. The summed E-state index contributed by atoms with van der Waals surface area (Å²) in [6.45, 7) is 2.97. The van der Waals surface area contributed by atoms with Crippen LogP contribution in [0.25, 0.3) is 0 Å². The van der Waals surface area contributed by atoms with Gasteiger partial charge < -0.3 is 14.4 Å². The Kier molecular flexibility index (Phi) is 3.98. The summed E-state index contributed by atoms with van der Waals surface area (Å²) in [5.74, 6) is 1.59. The zero-order valence-corrected chi connectivity index (χ0v) is 15.0. The molecule has 0 saturated carbocycles. The molecule has 6 heteroatoms. The van der Waals surface area contributed by atoms with Crippen molar-refractivity contribution in [3.8, 4) is 0 Å². The standard InChI is InChI=1S/C20H26N4O2/c25-20(18-4-3-11-26-18)12-16-5-6-17(13-20)24(16)14-15-7-8-21-19(22-15)23-9-1-2-10-23/h3-4,7-8,11,16-17,25H,1-2,5-6,9-10,12-14H2/t16-,17-/m1/s1. The van der Waals surface area contributed by atoms with E-state index in [1.807, 2.05) is 24.4 Å². The summed E-state index contributed by atoms with van der Waals surface area (Å²) in [7, 11) is 0. The molecule has 0 amide bonds. The summed E-state index contributed by atoms with van der Waals surface area (Å²) < 4.78 is 5.53. The molecule has 0 aromatic carbocycles. The lowest BCUT2D eigenvalue weighted by molar-refractivity contribution is -0.0729. The Labute approximate surface area is 153 Å². The number of hydrogen-bond acceptors (Lipinski definition) is 6. The molecule has 2 aromatic heterocycles. The van der Waals surface area contributed by atoms with Gasteiger partial charge in [0.25, 0.3) is 0 Å². The van der Waals surface area contributed by atoms with Crippen LogP contribution in [0.15, 0.2) is 35.1 Å². The van der Waals surface area contributed by atoms with Gasteiger partial charge in [0.2, 0.25) is 5.95 Å². The fourth-order valence-corrected chi connectivity index (χ4v) is 5.05. The summed E-state index contributed by atoms with van der Waals surface area (Å²) in [5, 5.41) is 11.1. The monoisotopic (exact) mass is 354 g/mol. The zero-order chi connectivity index (χ0) is 17.6. The molecule has 1 N–H and O–H groups in total. The minimum atomic E-state index is -0.821. The van der Waals surface area contributed by atoms with Crippen molar-refractivity contribution in [1.29, 1.82) is 0 Å². The van der Waals surface area contributed by atoms with Crippen LogP contribution in [0.1, 0.15) is 50.0 Å². The van der Waals surface area contributed by atoms with Crippen LogP contribution in [0.4, 0.5) is 5.95 Å². The van der Waals surface area contributed by atoms with Crippen molar-refractivity contribution in [2.24, 2.45) is 0 Å². The predicted octanol–water partition coefficient (Wildman–Crippen LogP) is 2.68. The molecule has 2 bridgehead atoms. The maximum absolute atomic E-state index is 11.1. The molecule has 3 fully saturated rings. The van der Waals surface area contributed by atoms with Crippen molar-refractivity contribution in [3.05, 3.63) is 42.1 Å². The molecule has 5 heterocycles. The van der Waals surface area contributed by atoms with E-state index in [1.54, 1.807) is 6.26 Å². The van der Waals surface area contributed by atoms with Crippen LogP contribution in [-0.4, -0.2) is 45.1 Å². The Bertz CT molecular complexity index is 743. The van der Waals surface area contributed by atoms with Crippen LogP contribution in [-0.2, 0) is 12.1 Å². The molecule has 3 saturated heterocycles. The number of anilines is 1. The third kappa shape index (κ3) is 2.81. The topological polar surface area (TPSA) is 65.6 Å². The first-order valence-electron chi connectivity index (χ1n) is 9.80. The molecule has 2 atom stereocenters. The molecule has 0 spiro atoms. The van der Waals surface area contributed by atoms with E-state index < -0.39 is 5.60 Å². The first-order valence-corrected chi connectivity index (χ1v) is 9.80. The largest absolute Gasteiger partial charge is 0.466 e. The Morgan fingerprint density at radius 2 is 1.92 bits per heavy atom. The molecule has 0 radical (unpaired) electrons. The van der Waals surface area contributed by atoms with Crippen molar-refractivity contribution >= 4 is 5.95 Å². The van der Waals surface area contributed by atoms with Gasteiger partial charge in [-0.1, -0.05) is 0 Å². The van der Waals surface area contributed by atoms with Gasteiger partial charge in [-0.05, 0) is 56.7 Å². The second kappa shape index (κ2) is 6.35. The van der Waals surface area contributed by atoms with E-state index >= 15 is 0 Å². The van der Waals surface area contributed by atoms with Crippen LogP contribution in [0.5, 0.6) is 0 Å². The molecule has 3 aliphatic heterocycles. The molecule has 6 nitrogen and oxygen atoms in total. The van der Waals surface area contributed by atoms with Crippen LogP contribution in [0.3, 0.4) is 0 Å². The normalized spacial score (nSPS) is 31.7. The quantitative estimate of drug-likeness (QED) is 0.911. The van der Waals surface area contributed by atoms with Gasteiger partial charge in [0.1, 0.15) is 11.4 Å². The Morgan fingerprint density at radius 1 is 1.15 bits per heavy atom. The highest BCUT2D eigenvalue weighted by Gasteiger charge is 2.49. The maximum Gasteiger partial charge on any atom is 0.225 e. The molecule has 0 unspecified atom stereocenters. The van der Waals surface area contributed by atoms with E-state index in [9.17, 15) is 5.11 Å². The van der Waals surface area contributed by atoms with Crippen LogP contribution < -0.4 is 4.90 Å².